The lowest BCUT2D eigenvalue weighted by Gasteiger charge is -2.25. The van der Waals surface area contributed by atoms with Gasteiger partial charge in [0.15, 0.2) is 5.11 Å². The maximum Gasteiger partial charge on any atom is 0.189 e. The Morgan fingerprint density at radius 2 is 1.90 bits per heavy atom. The molecule has 1 atom stereocenters. The van der Waals surface area contributed by atoms with Crippen molar-refractivity contribution in [2.24, 2.45) is 0 Å². The van der Waals surface area contributed by atoms with Crippen LogP contribution in [0.2, 0.25) is 0 Å². The number of benzene rings is 1. The molecule has 0 amide bonds. The van der Waals surface area contributed by atoms with Gasteiger partial charge >= 0.3 is 0 Å². The van der Waals surface area contributed by atoms with Gasteiger partial charge in [0.25, 0.3) is 0 Å². The molecule has 0 bridgehead atoms. The molecule has 2 rings (SSSR count). The largest absolute Gasteiger partial charge is 0.342 e. The molecule has 21 heavy (non-hydrogen) atoms. The van der Waals surface area contributed by atoms with Crippen LogP contribution in [0.1, 0.15) is 57.1 Å². The first kappa shape index (κ1) is 16.2. The number of thiocarbonyl (C=S) groups is 1. The summed E-state index contributed by atoms with van der Waals surface area (Å²) in [7, 11) is 0. The molecular formula is C17H27N3S. The highest BCUT2D eigenvalue weighted by atomic mass is 32.1. The second kappa shape index (κ2) is 6.75. The Balaban J connectivity index is 2.03. The normalized spacial score (nSPS) is 21.7. The van der Waals surface area contributed by atoms with Crippen LogP contribution in [0.25, 0.3) is 0 Å². The van der Waals surface area contributed by atoms with E-state index in [0.717, 1.165) is 17.2 Å². The van der Waals surface area contributed by atoms with Gasteiger partial charge in [0, 0.05) is 0 Å². The van der Waals surface area contributed by atoms with Crippen molar-refractivity contribution in [3.63, 3.8) is 0 Å². The maximum atomic E-state index is 5.50. The van der Waals surface area contributed by atoms with Crippen LogP contribution in [-0.4, -0.2) is 10.8 Å². The van der Waals surface area contributed by atoms with E-state index in [1.807, 2.05) is 5.01 Å². The Hall–Kier alpha value is -1.13. The number of aryl methyl sites for hydroxylation is 2. The standard InChI is InChI=1S/C17H27N3S/c1-5-6-7-8-11-17(4)18-16(21)20(19-17)15-10-9-13(2)14(3)12-15/h9-10,12,19H,5-8,11H2,1-4H3,(H,18,21). The van der Waals surface area contributed by atoms with Gasteiger partial charge in [-0.3, -0.25) is 5.01 Å². The van der Waals surface area contributed by atoms with Crippen LogP contribution in [-0.2, 0) is 0 Å². The highest BCUT2D eigenvalue weighted by molar-refractivity contribution is 7.80. The fraction of sp³-hybridized carbons (Fsp3) is 0.588. The van der Waals surface area contributed by atoms with Gasteiger partial charge in [-0.2, -0.15) is 0 Å². The molecular weight excluding hydrogens is 278 g/mol. The van der Waals surface area contributed by atoms with Crippen molar-refractivity contribution in [2.45, 2.75) is 65.5 Å². The lowest BCUT2D eigenvalue weighted by atomic mass is 10.0. The van der Waals surface area contributed by atoms with Gasteiger partial charge in [-0.25, -0.2) is 5.43 Å². The Bertz CT molecular complexity index is 515. The lowest BCUT2D eigenvalue weighted by molar-refractivity contribution is 0.333. The van der Waals surface area contributed by atoms with Gasteiger partial charge in [-0.05, 0) is 69.1 Å². The Kier molecular flexibility index (Phi) is 5.22. The van der Waals surface area contributed by atoms with Gasteiger partial charge in [-0.15, -0.1) is 0 Å². The molecule has 0 spiro atoms. The predicted molar refractivity (Wildman–Crippen MR) is 94.4 cm³/mol. The Morgan fingerprint density at radius 1 is 1.14 bits per heavy atom. The molecule has 0 saturated carbocycles. The summed E-state index contributed by atoms with van der Waals surface area (Å²) in [6, 6.07) is 6.44. The highest BCUT2D eigenvalue weighted by Gasteiger charge is 2.35. The van der Waals surface area contributed by atoms with Crippen LogP contribution in [0.5, 0.6) is 0 Å². The third-order valence-corrected chi connectivity index (χ3v) is 4.51. The summed E-state index contributed by atoms with van der Waals surface area (Å²) in [6.07, 6.45) is 6.15. The molecule has 1 saturated heterocycles. The number of hydrazine groups is 1. The molecule has 1 aliphatic heterocycles. The van der Waals surface area contributed by atoms with E-state index in [2.05, 4.69) is 56.6 Å². The minimum atomic E-state index is -0.135. The molecule has 116 valence electrons. The van der Waals surface area contributed by atoms with Crippen molar-refractivity contribution in [1.29, 1.82) is 0 Å². The second-order valence-electron chi connectivity index (χ2n) is 6.29. The van der Waals surface area contributed by atoms with E-state index in [9.17, 15) is 0 Å². The van der Waals surface area contributed by atoms with Gasteiger partial charge in [0.1, 0.15) is 5.66 Å². The average Bonchev–Trinajstić information content (AvgIpc) is 2.74. The molecule has 4 heteroatoms. The van der Waals surface area contributed by atoms with E-state index >= 15 is 0 Å². The molecule has 0 aromatic heterocycles. The third kappa shape index (κ3) is 3.95. The Labute approximate surface area is 134 Å². The minimum absolute atomic E-state index is 0.135. The molecule has 0 radical (unpaired) electrons. The zero-order valence-electron chi connectivity index (χ0n) is 13.6. The number of hydrogen-bond donors (Lipinski definition) is 2. The van der Waals surface area contributed by atoms with Gasteiger partial charge in [0.05, 0.1) is 5.69 Å². The first-order valence-electron chi connectivity index (χ1n) is 7.92. The van der Waals surface area contributed by atoms with Crippen LogP contribution < -0.4 is 15.8 Å². The topological polar surface area (TPSA) is 27.3 Å². The van der Waals surface area contributed by atoms with Crippen LogP contribution in [0.3, 0.4) is 0 Å². The van der Waals surface area contributed by atoms with Crippen molar-refractivity contribution in [3.05, 3.63) is 29.3 Å². The van der Waals surface area contributed by atoms with Crippen molar-refractivity contribution in [1.82, 2.24) is 10.7 Å². The van der Waals surface area contributed by atoms with Gasteiger partial charge in [-0.1, -0.05) is 32.3 Å². The van der Waals surface area contributed by atoms with E-state index in [4.69, 9.17) is 12.2 Å². The van der Waals surface area contributed by atoms with Crippen LogP contribution in [0, 0.1) is 13.8 Å². The second-order valence-corrected chi connectivity index (χ2v) is 6.68. The summed E-state index contributed by atoms with van der Waals surface area (Å²) >= 11 is 5.50. The zero-order chi connectivity index (χ0) is 15.5. The molecule has 1 aromatic rings. The summed E-state index contributed by atoms with van der Waals surface area (Å²) in [4.78, 5) is 0. The fourth-order valence-corrected chi connectivity index (χ4v) is 3.06. The molecule has 3 nitrogen and oxygen atoms in total. The highest BCUT2D eigenvalue weighted by Crippen LogP contribution is 2.24. The van der Waals surface area contributed by atoms with Gasteiger partial charge in [0.2, 0.25) is 0 Å². The monoisotopic (exact) mass is 305 g/mol. The SMILES string of the molecule is CCCCCCC1(C)NC(=S)N(c2ccc(C)c(C)c2)N1. The molecule has 2 N–H and O–H groups in total. The molecule has 1 fully saturated rings. The van der Waals surface area contributed by atoms with Gasteiger partial charge < -0.3 is 5.32 Å². The summed E-state index contributed by atoms with van der Waals surface area (Å²) in [6.45, 7) is 8.69. The first-order chi connectivity index (χ1) is 9.95. The molecule has 1 heterocycles. The number of rotatable bonds is 6. The molecule has 1 unspecified atom stereocenters. The zero-order valence-corrected chi connectivity index (χ0v) is 14.4. The number of hydrogen-bond acceptors (Lipinski definition) is 2. The quantitative estimate of drug-likeness (QED) is 0.609. The molecule has 1 aliphatic rings. The number of nitrogens with zero attached hydrogens (tertiary/aromatic N) is 1. The van der Waals surface area contributed by atoms with E-state index in [1.165, 1.54) is 36.8 Å². The smallest absolute Gasteiger partial charge is 0.189 e. The summed E-state index contributed by atoms with van der Waals surface area (Å²) in [5.41, 5.74) is 7.10. The van der Waals surface area contributed by atoms with E-state index in [1.54, 1.807) is 0 Å². The van der Waals surface area contributed by atoms with Crippen molar-refractivity contribution >= 4 is 23.0 Å². The van der Waals surface area contributed by atoms with Crippen LogP contribution >= 0.6 is 12.2 Å². The summed E-state index contributed by atoms with van der Waals surface area (Å²) in [5, 5.41) is 6.20. The fourth-order valence-electron chi connectivity index (χ4n) is 2.69. The molecule has 1 aromatic carbocycles. The Morgan fingerprint density at radius 3 is 2.57 bits per heavy atom. The third-order valence-electron chi connectivity index (χ3n) is 4.22. The van der Waals surface area contributed by atoms with E-state index < -0.39 is 0 Å². The number of nitrogens with one attached hydrogen (secondary N) is 2. The summed E-state index contributed by atoms with van der Waals surface area (Å²) < 4.78 is 0. The molecule has 0 aliphatic carbocycles. The van der Waals surface area contributed by atoms with Crippen molar-refractivity contribution in [2.75, 3.05) is 5.01 Å². The minimum Gasteiger partial charge on any atom is -0.342 e. The lowest BCUT2D eigenvalue weighted by Crippen LogP contribution is -2.48. The average molecular weight is 305 g/mol. The first-order valence-corrected chi connectivity index (χ1v) is 8.33. The van der Waals surface area contributed by atoms with E-state index in [-0.39, 0.29) is 5.66 Å². The van der Waals surface area contributed by atoms with E-state index in [0.29, 0.717) is 0 Å². The predicted octanol–water partition coefficient (Wildman–Crippen LogP) is 4.19. The number of anilines is 1. The van der Waals surface area contributed by atoms with Crippen LogP contribution in [0.4, 0.5) is 5.69 Å². The maximum absolute atomic E-state index is 5.50. The number of unbranched alkanes of at least 4 members (excludes halogenated alkanes) is 3. The van der Waals surface area contributed by atoms with Crippen LogP contribution in [0.15, 0.2) is 18.2 Å². The van der Waals surface area contributed by atoms with Crippen molar-refractivity contribution in [3.8, 4) is 0 Å². The van der Waals surface area contributed by atoms with Crippen molar-refractivity contribution < 1.29 is 0 Å². The summed E-state index contributed by atoms with van der Waals surface area (Å²) in [5.74, 6) is 0.